The Labute approximate surface area is 205 Å². The summed E-state index contributed by atoms with van der Waals surface area (Å²) >= 11 is 1.65. The molecule has 2 aromatic carbocycles. The molecular weight excluding hydrogens is 452 g/mol. The largest absolute Gasteiger partial charge is 0.490 e. The van der Waals surface area contributed by atoms with Crippen LogP contribution < -0.4 is 20.1 Å². The Kier molecular flexibility index (Phi) is 11.8. The van der Waals surface area contributed by atoms with Gasteiger partial charge >= 0.3 is 0 Å². The lowest BCUT2D eigenvalue weighted by Crippen LogP contribution is -2.39. The number of amides is 2. The highest BCUT2D eigenvalue weighted by molar-refractivity contribution is 7.98. The standard InChI is InChI=1S/C25H32N4O4S/c1-4-32-22-11-10-21(14-23(22)33-5-2)28-25(31)17-29(3)16-24(30)27-12-13-34-18-20-9-7-6-8-19(20)15-26/h6-11,14H,4-5,12-13,16-18H2,1-3H3,(H,27,30)(H,28,31). The molecule has 2 rings (SSSR count). The second-order valence-corrected chi connectivity index (χ2v) is 8.52. The fourth-order valence-corrected chi connectivity index (χ4v) is 3.99. The molecule has 0 aliphatic rings. The van der Waals surface area contributed by atoms with E-state index in [1.54, 1.807) is 48.0 Å². The van der Waals surface area contributed by atoms with Crippen LogP contribution in [0.1, 0.15) is 25.0 Å². The van der Waals surface area contributed by atoms with Gasteiger partial charge in [-0.2, -0.15) is 17.0 Å². The Balaban J connectivity index is 1.70. The number of nitrogens with zero attached hydrogens (tertiary/aromatic N) is 2. The third-order valence-corrected chi connectivity index (χ3v) is 5.63. The van der Waals surface area contributed by atoms with Crippen LogP contribution in [0.15, 0.2) is 42.5 Å². The maximum atomic E-state index is 12.4. The number of carbonyl (C=O) groups is 2. The Morgan fingerprint density at radius 2 is 1.74 bits per heavy atom. The van der Waals surface area contributed by atoms with Crippen LogP contribution in [0.4, 0.5) is 5.69 Å². The van der Waals surface area contributed by atoms with Gasteiger partial charge < -0.3 is 20.1 Å². The molecule has 0 spiro atoms. The van der Waals surface area contributed by atoms with Crippen LogP contribution >= 0.6 is 11.8 Å². The smallest absolute Gasteiger partial charge is 0.238 e. The summed E-state index contributed by atoms with van der Waals surface area (Å²) in [6, 6.07) is 14.9. The molecule has 0 heterocycles. The summed E-state index contributed by atoms with van der Waals surface area (Å²) in [6.45, 7) is 5.49. The van der Waals surface area contributed by atoms with E-state index in [4.69, 9.17) is 14.7 Å². The number of thioether (sulfide) groups is 1. The van der Waals surface area contributed by atoms with Gasteiger partial charge in [-0.1, -0.05) is 18.2 Å². The predicted molar refractivity (Wildman–Crippen MR) is 135 cm³/mol. The first-order chi connectivity index (χ1) is 16.5. The maximum Gasteiger partial charge on any atom is 0.238 e. The highest BCUT2D eigenvalue weighted by Crippen LogP contribution is 2.30. The monoisotopic (exact) mass is 484 g/mol. The Morgan fingerprint density at radius 1 is 1.03 bits per heavy atom. The predicted octanol–water partition coefficient (Wildman–Crippen LogP) is 3.28. The third kappa shape index (κ3) is 9.33. The van der Waals surface area contributed by atoms with Crippen molar-refractivity contribution >= 4 is 29.3 Å². The van der Waals surface area contributed by atoms with Crippen molar-refractivity contribution < 1.29 is 19.1 Å². The minimum Gasteiger partial charge on any atom is -0.490 e. The SMILES string of the molecule is CCOc1ccc(NC(=O)CN(C)CC(=O)NCCSCc2ccccc2C#N)cc1OCC. The maximum absolute atomic E-state index is 12.4. The average molecular weight is 485 g/mol. The highest BCUT2D eigenvalue weighted by atomic mass is 32.2. The van der Waals surface area contributed by atoms with E-state index in [2.05, 4.69) is 16.7 Å². The van der Waals surface area contributed by atoms with Crippen molar-refractivity contribution in [3.63, 3.8) is 0 Å². The number of nitrogens with one attached hydrogen (secondary N) is 2. The Morgan fingerprint density at radius 3 is 2.47 bits per heavy atom. The van der Waals surface area contributed by atoms with Gasteiger partial charge in [0.25, 0.3) is 0 Å². The van der Waals surface area contributed by atoms with E-state index in [9.17, 15) is 9.59 Å². The van der Waals surface area contributed by atoms with Crippen LogP contribution in [0.25, 0.3) is 0 Å². The van der Waals surface area contributed by atoms with E-state index in [0.29, 0.717) is 42.5 Å². The fourth-order valence-electron chi connectivity index (χ4n) is 3.13. The molecule has 0 aliphatic carbocycles. The molecule has 0 atom stereocenters. The third-order valence-electron chi connectivity index (χ3n) is 4.62. The van der Waals surface area contributed by atoms with Crippen LogP contribution in [-0.4, -0.2) is 62.4 Å². The van der Waals surface area contributed by atoms with Gasteiger partial charge in [0.15, 0.2) is 11.5 Å². The van der Waals surface area contributed by atoms with E-state index < -0.39 is 0 Å². The van der Waals surface area contributed by atoms with Crippen LogP contribution in [-0.2, 0) is 15.3 Å². The van der Waals surface area contributed by atoms with Crippen LogP contribution in [0.5, 0.6) is 11.5 Å². The summed E-state index contributed by atoms with van der Waals surface area (Å²) in [6.07, 6.45) is 0. The molecule has 0 radical (unpaired) electrons. The molecular formula is C25H32N4O4S. The summed E-state index contributed by atoms with van der Waals surface area (Å²) in [5.41, 5.74) is 2.27. The number of benzene rings is 2. The first kappa shape index (κ1) is 27.0. The lowest BCUT2D eigenvalue weighted by Gasteiger charge is -2.17. The molecule has 0 unspecified atom stereocenters. The van der Waals surface area contributed by atoms with E-state index in [0.717, 1.165) is 17.1 Å². The Bertz CT molecular complexity index is 993. The number of rotatable bonds is 14. The summed E-state index contributed by atoms with van der Waals surface area (Å²) in [4.78, 5) is 26.2. The zero-order chi connectivity index (χ0) is 24.8. The lowest BCUT2D eigenvalue weighted by atomic mass is 10.1. The van der Waals surface area contributed by atoms with Gasteiger partial charge in [-0.15, -0.1) is 0 Å². The molecule has 2 N–H and O–H groups in total. The average Bonchev–Trinajstić information content (AvgIpc) is 2.80. The molecule has 0 fully saturated rings. The van der Waals surface area contributed by atoms with Crippen LogP contribution in [0.3, 0.4) is 0 Å². The number of nitriles is 1. The molecule has 2 aromatic rings. The normalized spacial score (nSPS) is 10.4. The van der Waals surface area contributed by atoms with E-state index in [-0.39, 0.29) is 24.9 Å². The zero-order valence-corrected chi connectivity index (χ0v) is 20.7. The van der Waals surface area contributed by atoms with Gasteiger partial charge in [-0.25, -0.2) is 0 Å². The zero-order valence-electron chi connectivity index (χ0n) is 19.9. The minimum absolute atomic E-state index is 0.0737. The van der Waals surface area contributed by atoms with Gasteiger partial charge in [-0.05, 0) is 44.7 Å². The molecule has 182 valence electrons. The summed E-state index contributed by atoms with van der Waals surface area (Å²) in [5.74, 6) is 2.28. The molecule has 8 nitrogen and oxygen atoms in total. The minimum atomic E-state index is -0.228. The summed E-state index contributed by atoms with van der Waals surface area (Å²) in [5, 5.41) is 14.8. The number of hydrogen-bond donors (Lipinski definition) is 2. The number of ether oxygens (including phenoxy) is 2. The fraction of sp³-hybridized carbons (Fsp3) is 0.400. The lowest BCUT2D eigenvalue weighted by molar-refractivity contribution is -0.122. The first-order valence-electron chi connectivity index (χ1n) is 11.2. The molecule has 0 aromatic heterocycles. The summed E-state index contributed by atoms with van der Waals surface area (Å²) in [7, 11) is 1.72. The number of likely N-dealkylation sites (N-methyl/N-ethyl adjacent to an activating group) is 1. The van der Waals surface area contributed by atoms with Crippen molar-refractivity contribution in [2.75, 3.05) is 51.0 Å². The van der Waals surface area contributed by atoms with Crippen molar-refractivity contribution in [2.45, 2.75) is 19.6 Å². The summed E-state index contributed by atoms with van der Waals surface area (Å²) < 4.78 is 11.1. The van der Waals surface area contributed by atoms with E-state index in [1.165, 1.54) is 0 Å². The molecule has 0 saturated heterocycles. The Hall–Kier alpha value is -3.22. The second kappa shape index (κ2) is 14.8. The van der Waals surface area contributed by atoms with Crippen molar-refractivity contribution in [2.24, 2.45) is 0 Å². The quantitative estimate of drug-likeness (QED) is 0.397. The van der Waals surface area contributed by atoms with Crippen LogP contribution in [0.2, 0.25) is 0 Å². The molecule has 0 saturated carbocycles. The number of hydrogen-bond acceptors (Lipinski definition) is 7. The number of anilines is 1. The number of carbonyl (C=O) groups excluding carboxylic acids is 2. The molecule has 9 heteroatoms. The topological polar surface area (TPSA) is 104 Å². The van der Waals surface area contributed by atoms with Crippen molar-refractivity contribution in [3.05, 3.63) is 53.6 Å². The first-order valence-corrected chi connectivity index (χ1v) is 12.3. The van der Waals surface area contributed by atoms with Gasteiger partial charge in [0.05, 0.1) is 37.9 Å². The van der Waals surface area contributed by atoms with Gasteiger partial charge in [0.1, 0.15) is 0 Å². The van der Waals surface area contributed by atoms with E-state index in [1.807, 2.05) is 32.0 Å². The molecule has 34 heavy (non-hydrogen) atoms. The van der Waals surface area contributed by atoms with Crippen molar-refractivity contribution in [1.82, 2.24) is 10.2 Å². The molecule has 0 aliphatic heterocycles. The van der Waals surface area contributed by atoms with Crippen LogP contribution in [0, 0.1) is 11.3 Å². The molecule has 0 bridgehead atoms. The van der Waals surface area contributed by atoms with Gasteiger partial charge in [0.2, 0.25) is 11.8 Å². The molecule has 2 amide bonds. The van der Waals surface area contributed by atoms with Gasteiger partial charge in [0, 0.05) is 29.8 Å². The van der Waals surface area contributed by atoms with Crippen molar-refractivity contribution in [3.8, 4) is 17.6 Å². The van der Waals surface area contributed by atoms with E-state index >= 15 is 0 Å². The van der Waals surface area contributed by atoms with Crippen molar-refractivity contribution in [1.29, 1.82) is 5.26 Å². The second-order valence-electron chi connectivity index (χ2n) is 7.42. The van der Waals surface area contributed by atoms with Gasteiger partial charge in [-0.3, -0.25) is 14.5 Å². The highest BCUT2D eigenvalue weighted by Gasteiger charge is 2.13.